The largest absolute Gasteiger partial charge is 0.573 e. The number of rotatable bonds is 4. The second-order valence-electron chi connectivity index (χ2n) is 7.14. The van der Waals surface area contributed by atoms with E-state index >= 15 is 0 Å². The van der Waals surface area contributed by atoms with Gasteiger partial charge in [-0.3, -0.25) is 9.20 Å². The van der Waals surface area contributed by atoms with Gasteiger partial charge in [0, 0.05) is 23.5 Å². The second kappa shape index (κ2) is 7.79. The lowest BCUT2D eigenvalue weighted by Crippen LogP contribution is -2.18. The van der Waals surface area contributed by atoms with E-state index < -0.39 is 18.0 Å². The first kappa shape index (κ1) is 20.5. The maximum absolute atomic E-state index is 13.2. The number of alkyl halides is 3. The Bertz CT molecular complexity index is 1260. The van der Waals surface area contributed by atoms with Gasteiger partial charge in [-0.25, -0.2) is 4.98 Å². The number of imidazole rings is 1. The predicted molar refractivity (Wildman–Crippen MR) is 111 cm³/mol. The molecule has 2 aromatic heterocycles. The van der Waals surface area contributed by atoms with Crippen molar-refractivity contribution < 1.29 is 22.7 Å². The highest BCUT2D eigenvalue weighted by molar-refractivity contribution is 6.07. The highest BCUT2D eigenvalue weighted by Gasteiger charge is 2.31. The standard InChI is InChI=1S/C23H18F3N3O2/c1-14-6-9-16(10-7-14)20-21(29-13-15(2)8-11-19(29)28-20)22(30)27-17-4-3-5-18(12-17)31-23(24,25)26/h3-13H,1-2H3,(H,27,30). The molecule has 0 radical (unpaired) electrons. The van der Waals surface area contributed by atoms with Crippen LogP contribution in [0.25, 0.3) is 16.9 Å². The number of ether oxygens (including phenoxy) is 1. The number of amides is 1. The fourth-order valence-corrected chi connectivity index (χ4v) is 3.24. The molecule has 1 amide bonds. The molecule has 0 aliphatic rings. The summed E-state index contributed by atoms with van der Waals surface area (Å²) in [5, 5.41) is 2.66. The van der Waals surface area contributed by atoms with Crippen molar-refractivity contribution in [2.75, 3.05) is 5.32 Å². The first-order valence-electron chi connectivity index (χ1n) is 9.42. The summed E-state index contributed by atoms with van der Waals surface area (Å²) in [7, 11) is 0. The molecule has 0 fully saturated rings. The molecule has 4 rings (SSSR count). The molecule has 1 N–H and O–H groups in total. The van der Waals surface area contributed by atoms with Gasteiger partial charge in [0.15, 0.2) is 0 Å². The molecule has 0 unspecified atom stereocenters. The molecule has 0 saturated heterocycles. The molecule has 5 nitrogen and oxygen atoms in total. The Labute approximate surface area is 176 Å². The molecular weight excluding hydrogens is 407 g/mol. The number of pyridine rings is 1. The van der Waals surface area contributed by atoms with E-state index in [4.69, 9.17) is 0 Å². The normalized spacial score (nSPS) is 11.5. The number of fused-ring (bicyclic) bond motifs is 1. The SMILES string of the molecule is Cc1ccc(-c2nc3ccc(C)cn3c2C(=O)Nc2cccc(OC(F)(F)F)c2)cc1. The Morgan fingerprint density at radius 1 is 1.00 bits per heavy atom. The van der Waals surface area contributed by atoms with Gasteiger partial charge in [0.2, 0.25) is 0 Å². The van der Waals surface area contributed by atoms with Crippen LogP contribution in [0.1, 0.15) is 21.6 Å². The number of halogens is 3. The number of carbonyl (C=O) groups excluding carboxylic acids is 1. The third-order valence-corrected chi connectivity index (χ3v) is 4.63. The Hall–Kier alpha value is -3.81. The van der Waals surface area contributed by atoms with Crippen molar-refractivity contribution in [1.82, 2.24) is 9.38 Å². The van der Waals surface area contributed by atoms with Crippen molar-refractivity contribution in [3.05, 3.63) is 83.7 Å². The van der Waals surface area contributed by atoms with Gasteiger partial charge in [-0.2, -0.15) is 0 Å². The van der Waals surface area contributed by atoms with E-state index in [1.807, 2.05) is 50.2 Å². The van der Waals surface area contributed by atoms with Gasteiger partial charge in [-0.05, 0) is 37.6 Å². The molecular formula is C23H18F3N3O2. The van der Waals surface area contributed by atoms with E-state index in [0.29, 0.717) is 11.3 Å². The number of carbonyl (C=O) groups is 1. The number of benzene rings is 2. The fraction of sp³-hybridized carbons (Fsp3) is 0.130. The molecule has 2 heterocycles. The zero-order valence-corrected chi connectivity index (χ0v) is 16.7. The number of aromatic nitrogens is 2. The topological polar surface area (TPSA) is 55.6 Å². The predicted octanol–water partition coefficient (Wildman–Crippen LogP) is 5.77. The maximum atomic E-state index is 13.2. The van der Waals surface area contributed by atoms with Gasteiger partial charge >= 0.3 is 6.36 Å². The van der Waals surface area contributed by atoms with E-state index in [0.717, 1.165) is 22.8 Å². The van der Waals surface area contributed by atoms with Crippen LogP contribution in [0.2, 0.25) is 0 Å². The molecule has 158 valence electrons. The average Bonchev–Trinajstić information content (AvgIpc) is 3.06. The van der Waals surface area contributed by atoms with Gasteiger partial charge in [0.25, 0.3) is 5.91 Å². The van der Waals surface area contributed by atoms with Gasteiger partial charge in [0.05, 0.1) is 0 Å². The molecule has 0 atom stereocenters. The van der Waals surface area contributed by atoms with Crippen molar-refractivity contribution in [2.45, 2.75) is 20.2 Å². The van der Waals surface area contributed by atoms with Crippen LogP contribution in [0.15, 0.2) is 66.9 Å². The molecule has 0 bridgehead atoms. The van der Waals surface area contributed by atoms with Crippen LogP contribution >= 0.6 is 0 Å². The van der Waals surface area contributed by atoms with Gasteiger partial charge < -0.3 is 10.1 Å². The van der Waals surface area contributed by atoms with E-state index in [1.165, 1.54) is 18.2 Å². The van der Waals surface area contributed by atoms with Crippen molar-refractivity contribution in [3.8, 4) is 17.0 Å². The highest BCUT2D eigenvalue weighted by Crippen LogP contribution is 2.28. The molecule has 0 aliphatic heterocycles. The van der Waals surface area contributed by atoms with Gasteiger partial charge in [0.1, 0.15) is 22.8 Å². The lowest BCUT2D eigenvalue weighted by Gasteiger charge is -2.11. The summed E-state index contributed by atoms with van der Waals surface area (Å²) in [5.74, 6) is -0.920. The monoisotopic (exact) mass is 425 g/mol. The van der Waals surface area contributed by atoms with Crippen LogP contribution in [0.4, 0.5) is 18.9 Å². The van der Waals surface area contributed by atoms with E-state index in [1.54, 1.807) is 10.6 Å². The van der Waals surface area contributed by atoms with Crippen molar-refractivity contribution in [1.29, 1.82) is 0 Å². The van der Waals surface area contributed by atoms with Gasteiger partial charge in [-0.1, -0.05) is 42.0 Å². The number of aryl methyl sites for hydroxylation is 2. The van der Waals surface area contributed by atoms with E-state index in [2.05, 4.69) is 15.0 Å². The minimum Gasteiger partial charge on any atom is -0.406 e. The third kappa shape index (κ3) is 4.53. The zero-order valence-electron chi connectivity index (χ0n) is 16.7. The van der Waals surface area contributed by atoms with Crippen LogP contribution < -0.4 is 10.1 Å². The average molecular weight is 425 g/mol. The minimum absolute atomic E-state index is 0.171. The summed E-state index contributed by atoms with van der Waals surface area (Å²) in [6, 6.07) is 16.4. The molecule has 0 aliphatic carbocycles. The maximum Gasteiger partial charge on any atom is 0.573 e. The van der Waals surface area contributed by atoms with Crippen molar-refractivity contribution >= 4 is 17.2 Å². The number of nitrogens with zero attached hydrogens (tertiary/aromatic N) is 2. The Morgan fingerprint density at radius 3 is 2.42 bits per heavy atom. The number of nitrogens with one attached hydrogen (secondary N) is 1. The number of hydrogen-bond donors (Lipinski definition) is 1. The fourth-order valence-electron chi connectivity index (χ4n) is 3.24. The molecule has 0 spiro atoms. The summed E-state index contributed by atoms with van der Waals surface area (Å²) in [4.78, 5) is 17.8. The highest BCUT2D eigenvalue weighted by atomic mass is 19.4. The third-order valence-electron chi connectivity index (χ3n) is 4.63. The lowest BCUT2D eigenvalue weighted by molar-refractivity contribution is -0.274. The Balaban J connectivity index is 1.75. The van der Waals surface area contributed by atoms with Crippen LogP contribution in [-0.4, -0.2) is 21.7 Å². The summed E-state index contributed by atoms with van der Waals surface area (Å²) in [5.41, 5.74) is 4.26. The quantitative estimate of drug-likeness (QED) is 0.452. The van der Waals surface area contributed by atoms with Crippen LogP contribution in [-0.2, 0) is 0 Å². The van der Waals surface area contributed by atoms with Gasteiger partial charge in [-0.15, -0.1) is 13.2 Å². The summed E-state index contributed by atoms with van der Waals surface area (Å²) in [6.45, 7) is 3.85. The number of anilines is 1. The molecule has 0 saturated carbocycles. The summed E-state index contributed by atoms with van der Waals surface area (Å²) < 4.78 is 43.2. The van der Waals surface area contributed by atoms with Crippen molar-refractivity contribution in [2.24, 2.45) is 0 Å². The Kier molecular flexibility index (Phi) is 5.14. The summed E-state index contributed by atoms with van der Waals surface area (Å²) >= 11 is 0. The zero-order chi connectivity index (χ0) is 22.2. The molecule has 31 heavy (non-hydrogen) atoms. The van der Waals surface area contributed by atoms with E-state index in [9.17, 15) is 18.0 Å². The second-order valence-corrected chi connectivity index (χ2v) is 7.14. The van der Waals surface area contributed by atoms with Crippen LogP contribution in [0.3, 0.4) is 0 Å². The number of hydrogen-bond acceptors (Lipinski definition) is 3. The molecule has 8 heteroatoms. The Morgan fingerprint density at radius 2 is 1.71 bits per heavy atom. The van der Waals surface area contributed by atoms with E-state index in [-0.39, 0.29) is 11.4 Å². The van der Waals surface area contributed by atoms with Crippen molar-refractivity contribution in [3.63, 3.8) is 0 Å². The lowest BCUT2D eigenvalue weighted by atomic mass is 10.1. The minimum atomic E-state index is -4.82. The molecule has 4 aromatic rings. The smallest absolute Gasteiger partial charge is 0.406 e. The first-order valence-corrected chi connectivity index (χ1v) is 9.42. The van der Waals surface area contributed by atoms with Crippen LogP contribution in [0.5, 0.6) is 5.75 Å². The first-order chi connectivity index (χ1) is 14.7. The summed E-state index contributed by atoms with van der Waals surface area (Å²) in [6.07, 6.45) is -3.03. The molecule has 2 aromatic carbocycles. The van der Waals surface area contributed by atoms with Crippen LogP contribution in [0, 0.1) is 13.8 Å².